The summed E-state index contributed by atoms with van der Waals surface area (Å²) in [6, 6.07) is 8.00. The lowest BCUT2D eigenvalue weighted by molar-refractivity contribution is -0.120. The summed E-state index contributed by atoms with van der Waals surface area (Å²) in [5.74, 6) is 0.0571. The number of amides is 1. The zero-order valence-corrected chi connectivity index (χ0v) is 11.7. The normalized spacial score (nSPS) is 10.4. The fourth-order valence-electron chi connectivity index (χ4n) is 1.83. The maximum atomic E-state index is 11.9. The Morgan fingerprint density at radius 3 is 3.00 bits per heavy atom. The van der Waals surface area contributed by atoms with Gasteiger partial charge in [-0.1, -0.05) is 18.2 Å². The number of hydrogen-bond acceptors (Lipinski definition) is 3. The molecule has 0 atom stereocenters. The molecule has 1 N–H and O–H groups in total. The molecule has 2 rings (SSSR count). The second-order valence-corrected chi connectivity index (χ2v) is 4.99. The predicted octanol–water partition coefficient (Wildman–Crippen LogP) is 1.96. The molecule has 0 bridgehead atoms. The first-order valence-corrected chi connectivity index (χ1v) is 7.36. The van der Waals surface area contributed by atoms with Gasteiger partial charge in [-0.3, -0.25) is 4.79 Å². The Morgan fingerprint density at radius 1 is 1.42 bits per heavy atom. The van der Waals surface area contributed by atoms with Crippen LogP contribution in [-0.4, -0.2) is 28.3 Å². The first-order chi connectivity index (χ1) is 9.29. The van der Waals surface area contributed by atoms with Crippen LogP contribution in [0.1, 0.15) is 5.56 Å². The van der Waals surface area contributed by atoms with Gasteiger partial charge >= 0.3 is 0 Å². The van der Waals surface area contributed by atoms with Crippen LogP contribution in [0, 0.1) is 0 Å². The molecule has 0 fully saturated rings. The Kier molecular flexibility index (Phi) is 5.03. The van der Waals surface area contributed by atoms with Crippen molar-refractivity contribution in [2.45, 2.75) is 17.9 Å². The molecular formula is C14H17N3OS. The van der Waals surface area contributed by atoms with Crippen LogP contribution < -0.4 is 5.32 Å². The predicted molar refractivity (Wildman–Crippen MR) is 77.2 cm³/mol. The summed E-state index contributed by atoms with van der Waals surface area (Å²) < 4.78 is 1.94. The van der Waals surface area contributed by atoms with Crippen LogP contribution in [-0.2, 0) is 17.8 Å². The van der Waals surface area contributed by atoms with E-state index in [-0.39, 0.29) is 5.91 Å². The third kappa shape index (κ3) is 4.13. The number of nitrogens with zero attached hydrogens (tertiary/aromatic N) is 2. The molecular weight excluding hydrogens is 258 g/mol. The molecule has 2 aromatic rings. The van der Waals surface area contributed by atoms with Crippen LogP contribution in [0.15, 0.2) is 47.9 Å². The molecule has 0 spiro atoms. The van der Waals surface area contributed by atoms with Gasteiger partial charge in [0.1, 0.15) is 0 Å². The number of nitrogens with one attached hydrogen (secondary N) is 1. The molecule has 0 radical (unpaired) electrons. The summed E-state index contributed by atoms with van der Waals surface area (Å²) in [7, 11) is 0. The zero-order chi connectivity index (χ0) is 13.5. The van der Waals surface area contributed by atoms with E-state index in [2.05, 4.69) is 10.3 Å². The van der Waals surface area contributed by atoms with Crippen LogP contribution in [0.3, 0.4) is 0 Å². The number of aromatic nitrogens is 2. The average molecular weight is 275 g/mol. The Hall–Kier alpha value is -1.75. The molecule has 0 aliphatic heterocycles. The summed E-state index contributed by atoms with van der Waals surface area (Å²) in [5, 5.41) is 2.92. The van der Waals surface area contributed by atoms with Gasteiger partial charge < -0.3 is 9.88 Å². The molecule has 1 aromatic heterocycles. The Bertz CT molecular complexity index is 525. The van der Waals surface area contributed by atoms with E-state index < -0.39 is 0 Å². The molecule has 5 heteroatoms. The van der Waals surface area contributed by atoms with E-state index in [4.69, 9.17) is 0 Å². The summed E-state index contributed by atoms with van der Waals surface area (Å²) in [5.41, 5.74) is 1.08. The molecule has 0 unspecified atom stereocenters. The van der Waals surface area contributed by atoms with E-state index in [0.717, 1.165) is 17.0 Å². The number of benzene rings is 1. The van der Waals surface area contributed by atoms with Crippen molar-refractivity contribution in [2.75, 3.05) is 12.8 Å². The van der Waals surface area contributed by atoms with Crippen molar-refractivity contribution in [2.24, 2.45) is 0 Å². The van der Waals surface area contributed by atoms with Gasteiger partial charge in [-0.15, -0.1) is 11.8 Å². The van der Waals surface area contributed by atoms with Gasteiger partial charge in [0.25, 0.3) is 0 Å². The smallest absolute Gasteiger partial charge is 0.224 e. The van der Waals surface area contributed by atoms with Crippen LogP contribution in [0.25, 0.3) is 0 Å². The highest BCUT2D eigenvalue weighted by Gasteiger charge is 2.06. The van der Waals surface area contributed by atoms with Gasteiger partial charge in [-0.25, -0.2) is 4.98 Å². The topological polar surface area (TPSA) is 46.9 Å². The summed E-state index contributed by atoms with van der Waals surface area (Å²) >= 11 is 1.67. The minimum Gasteiger partial charge on any atom is -0.354 e. The van der Waals surface area contributed by atoms with Crippen LogP contribution in [0.5, 0.6) is 0 Å². The van der Waals surface area contributed by atoms with Gasteiger partial charge in [0.15, 0.2) is 0 Å². The number of carbonyl (C=O) groups excluding carboxylic acids is 1. The molecule has 4 nitrogen and oxygen atoms in total. The van der Waals surface area contributed by atoms with Gasteiger partial charge in [-0.05, 0) is 17.9 Å². The van der Waals surface area contributed by atoms with E-state index in [0.29, 0.717) is 13.0 Å². The van der Waals surface area contributed by atoms with Crippen LogP contribution in [0.4, 0.5) is 0 Å². The van der Waals surface area contributed by atoms with E-state index in [1.54, 1.807) is 24.3 Å². The lowest BCUT2D eigenvalue weighted by Crippen LogP contribution is -2.28. The van der Waals surface area contributed by atoms with Crippen molar-refractivity contribution in [1.29, 1.82) is 0 Å². The van der Waals surface area contributed by atoms with Gasteiger partial charge in [0.2, 0.25) is 5.91 Å². The third-order valence-corrected chi connectivity index (χ3v) is 3.63. The van der Waals surface area contributed by atoms with Crippen LogP contribution in [0.2, 0.25) is 0 Å². The summed E-state index contributed by atoms with van der Waals surface area (Å²) in [6.07, 6.45) is 7.82. The van der Waals surface area contributed by atoms with E-state index in [1.165, 1.54) is 0 Å². The summed E-state index contributed by atoms with van der Waals surface area (Å²) in [6.45, 7) is 1.37. The quantitative estimate of drug-likeness (QED) is 0.820. The van der Waals surface area contributed by atoms with Crippen molar-refractivity contribution in [3.8, 4) is 0 Å². The highest BCUT2D eigenvalue weighted by atomic mass is 32.2. The van der Waals surface area contributed by atoms with Gasteiger partial charge in [0, 0.05) is 30.4 Å². The largest absolute Gasteiger partial charge is 0.354 e. The third-order valence-electron chi connectivity index (χ3n) is 2.79. The molecule has 1 amide bonds. The molecule has 0 aliphatic rings. The number of thioether (sulfide) groups is 1. The van der Waals surface area contributed by atoms with Gasteiger partial charge in [-0.2, -0.15) is 0 Å². The van der Waals surface area contributed by atoms with Crippen molar-refractivity contribution in [3.05, 3.63) is 48.5 Å². The molecule has 1 aromatic carbocycles. The minimum atomic E-state index is 0.0571. The molecule has 1 heterocycles. The first kappa shape index (κ1) is 13.7. The fourth-order valence-corrected chi connectivity index (χ4v) is 2.44. The fraction of sp³-hybridized carbons (Fsp3) is 0.286. The lowest BCUT2D eigenvalue weighted by atomic mass is 10.1. The molecule has 0 saturated heterocycles. The number of rotatable bonds is 6. The average Bonchev–Trinajstić information content (AvgIpc) is 2.92. The molecule has 0 aliphatic carbocycles. The SMILES string of the molecule is CSc1ccccc1CC(=O)NCCn1ccnc1. The van der Waals surface area contributed by atoms with Gasteiger partial charge in [0.05, 0.1) is 12.7 Å². The number of imidazole rings is 1. The van der Waals surface area contributed by atoms with E-state index in [1.807, 2.05) is 41.3 Å². The standard InChI is InChI=1S/C14H17N3OS/c1-19-13-5-3-2-4-12(13)10-14(18)16-7-9-17-8-6-15-11-17/h2-6,8,11H,7,9-10H2,1H3,(H,16,18). The Balaban J connectivity index is 1.80. The highest BCUT2D eigenvalue weighted by molar-refractivity contribution is 7.98. The molecule has 0 saturated carbocycles. The van der Waals surface area contributed by atoms with Crippen molar-refractivity contribution >= 4 is 17.7 Å². The second-order valence-electron chi connectivity index (χ2n) is 4.14. The number of hydrogen-bond donors (Lipinski definition) is 1. The highest BCUT2D eigenvalue weighted by Crippen LogP contribution is 2.19. The Morgan fingerprint density at radius 2 is 2.26 bits per heavy atom. The second kappa shape index (κ2) is 6.99. The Labute approximate surface area is 117 Å². The monoisotopic (exact) mass is 275 g/mol. The van der Waals surface area contributed by atoms with Crippen molar-refractivity contribution < 1.29 is 4.79 Å². The molecule has 19 heavy (non-hydrogen) atoms. The minimum absolute atomic E-state index is 0.0571. The molecule has 100 valence electrons. The maximum absolute atomic E-state index is 11.9. The number of carbonyl (C=O) groups is 1. The summed E-state index contributed by atoms with van der Waals surface area (Å²) in [4.78, 5) is 17.0. The first-order valence-electron chi connectivity index (χ1n) is 6.14. The van der Waals surface area contributed by atoms with E-state index >= 15 is 0 Å². The zero-order valence-electron chi connectivity index (χ0n) is 10.9. The van der Waals surface area contributed by atoms with Crippen molar-refractivity contribution in [3.63, 3.8) is 0 Å². The van der Waals surface area contributed by atoms with Crippen LogP contribution >= 0.6 is 11.8 Å². The lowest BCUT2D eigenvalue weighted by Gasteiger charge is -2.08. The maximum Gasteiger partial charge on any atom is 0.224 e. The van der Waals surface area contributed by atoms with Crippen molar-refractivity contribution in [1.82, 2.24) is 14.9 Å². The van der Waals surface area contributed by atoms with E-state index in [9.17, 15) is 4.79 Å².